The van der Waals surface area contributed by atoms with Gasteiger partial charge in [-0.3, -0.25) is 23.4 Å². The number of H-pyrrole nitrogens is 1. The molecule has 2 aliphatic rings. The van der Waals surface area contributed by atoms with Crippen LogP contribution in [0.25, 0.3) is 0 Å². The molecule has 0 spiro atoms. The van der Waals surface area contributed by atoms with Crippen LogP contribution >= 0.6 is 8.60 Å². The van der Waals surface area contributed by atoms with E-state index >= 15 is 0 Å². The molecule has 0 saturated carbocycles. The fourth-order valence-corrected chi connectivity index (χ4v) is 4.50. The molecule has 8 nitrogen and oxygen atoms in total. The minimum Gasteiger partial charge on any atom is -0.426 e. The number of aromatic amines is 1. The molecule has 1 fully saturated rings. The molecule has 0 aliphatic carbocycles. The second-order valence-corrected chi connectivity index (χ2v) is 7.91. The SMILES string of the molecule is Cc1cc(C)c2c(c1)COP(OCC1CCC(n3ccc(=O)[nH]c3=O)O1)O2. The first kappa shape index (κ1) is 18.4. The number of aryl methyl sites for hydroxylation is 2. The normalized spacial score (nSPS) is 24.4. The Hall–Kier alpha value is -1.99. The molecule has 3 heterocycles. The van der Waals surface area contributed by atoms with Crippen molar-refractivity contribution in [2.75, 3.05) is 6.61 Å². The van der Waals surface area contributed by atoms with Gasteiger partial charge in [-0.1, -0.05) is 17.7 Å². The van der Waals surface area contributed by atoms with Gasteiger partial charge < -0.3 is 9.26 Å². The van der Waals surface area contributed by atoms with E-state index in [0.717, 1.165) is 23.3 Å². The largest absolute Gasteiger partial charge is 0.426 e. The Labute approximate surface area is 157 Å². The fraction of sp³-hybridized carbons (Fsp3) is 0.444. The van der Waals surface area contributed by atoms with Crippen molar-refractivity contribution >= 4 is 8.60 Å². The maximum absolute atomic E-state index is 11.9. The van der Waals surface area contributed by atoms with Crippen molar-refractivity contribution in [2.24, 2.45) is 0 Å². The van der Waals surface area contributed by atoms with Gasteiger partial charge in [-0.05, 0) is 32.3 Å². The van der Waals surface area contributed by atoms with Crippen molar-refractivity contribution < 1.29 is 18.3 Å². The second kappa shape index (κ2) is 7.56. The minimum atomic E-state index is -1.48. The van der Waals surface area contributed by atoms with Gasteiger partial charge in [0.15, 0.2) is 0 Å². The van der Waals surface area contributed by atoms with Crippen LogP contribution < -0.4 is 15.8 Å². The molecule has 0 radical (unpaired) electrons. The van der Waals surface area contributed by atoms with Crippen LogP contribution in [0.2, 0.25) is 0 Å². The van der Waals surface area contributed by atoms with E-state index in [9.17, 15) is 9.59 Å². The highest BCUT2D eigenvalue weighted by molar-refractivity contribution is 7.42. The molecule has 1 aromatic carbocycles. The van der Waals surface area contributed by atoms with Crippen molar-refractivity contribution in [3.05, 3.63) is 61.9 Å². The summed E-state index contributed by atoms with van der Waals surface area (Å²) < 4.78 is 24.6. The summed E-state index contributed by atoms with van der Waals surface area (Å²) >= 11 is 0. The van der Waals surface area contributed by atoms with Gasteiger partial charge in [0.2, 0.25) is 0 Å². The van der Waals surface area contributed by atoms with E-state index in [0.29, 0.717) is 19.6 Å². The highest BCUT2D eigenvalue weighted by atomic mass is 31.2. The number of fused-ring (bicyclic) bond motifs is 1. The van der Waals surface area contributed by atoms with Gasteiger partial charge in [0.05, 0.1) is 19.3 Å². The Morgan fingerprint density at radius 2 is 2.15 bits per heavy atom. The Balaban J connectivity index is 1.34. The standard InChI is InChI=1S/C18H21N2O6P/c1-11-7-12(2)17-13(8-11)9-23-27(26-17)24-10-14-3-4-16(25-14)20-6-5-15(21)19-18(20)22/h5-8,14,16H,3-4,9-10H2,1-2H3,(H,19,21,22). The summed E-state index contributed by atoms with van der Waals surface area (Å²) in [4.78, 5) is 25.3. The van der Waals surface area contributed by atoms with E-state index in [4.69, 9.17) is 18.3 Å². The first-order valence-electron chi connectivity index (χ1n) is 8.80. The number of rotatable bonds is 4. The van der Waals surface area contributed by atoms with Gasteiger partial charge in [-0.25, -0.2) is 4.79 Å². The molecule has 0 amide bonds. The van der Waals surface area contributed by atoms with Gasteiger partial charge >= 0.3 is 14.3 Å². The monoisotopic (exact) mass is 392 g/mol. The Kier molecular flexibility index (Phi) is 5.14. The minimum absolute atomic E-state index is 0.163. The molecule has 4 rings (SSSR count). The van der Waals surface area contributed by atoms with Crippen molar-refractivity contribution in [3.63, 3.8) is 0 Å². The van der Waals surface area contributed by atoms with Crippen LogP contribution in [-0.2, 0) is 20.4 Å². The van der Waals surface area contributed by atoms with E-state index in [-0.39, 0.29) is 6.10 Å². The number of aromatic nitrogens is 2. The molecule has 0 bridgehead atoms. The smallest absolute Gasteiger partial charge is 0.397 e. The van der Waals surface area contributed by atoms with E-state index in [1.54, 1.807) is 0 Å². The van der Waals surface area contributed by atoms with Crippen LogP contribution in [0.3, 0.4) is 0 Å². The summed E-state index contributed by atoms with van der Waals surface area (Å²) in [6, 6.07) is 5.44. The molecule has 3 unspecified atom stereocenters. The molecule has 3 atom stereocenters. The topological polar surface area (TPSA) is 91.8 Å². The van der Waals surface area contributed by atoms with Gasteiger partial charge in [-0.2, -0.15) is 0 Å². The number of nitrogens with zero attached hydrogens (tertiary/aromatic N) is 1. The summed E-state index contributed by atoms with van der Waals surface area (Å²) in [5, 5.41) is 0. The fourth-order valence-electron chi connectivity index (χ4n) is 3.38. The van der Waals surface area contributed by atoms with E-state index in [1.165, 1.54) is 22.4 Å². The van der Waals surface area contributed by atoms with Gasteiger partial charge in [0.1, 0.15) is 12.0 Å². The zero-order chi connectivity index (χ0) is 19.0. The number of hydrogen-bond acceptors (Lipinski definition) is 6. The van der Waals surface area contributed by atoms with Crippen LogP contribution in [0.1, 0.15) is 35.8 Å². The number of hydrogen-bond donors (Lipinski definition) is 1. The summed E-state index contributed by atoms with van der Waals surface area (Å²) in [6.45, 7) is 4.84. The van der Waals surface area contributed by atoms with Crippen LogP contribution in [0.15, 0.2) is 34.0 Å². The predicted molar refractivity (Wildman–Crippen MR) is 98.7 cm³/mol. The lowest BCUT2D eigenvalue weighted by molar-refractivity contribution is -0.0229. The predicted octanol–water partition coefficient (Wildman–Crippen LogP) is 2.68. The van der Waals surface area contributed by atoms with Crippen molar-refractivity contribution in [3.8, 4) is 5.75 Å². The maximum atomic E-state index is 11.9. The molecular weight excluding hydrogens is 371 g/mol. The average Bonchev–Trinajstić information content (AvgIpc) is 3.09. The van der Waals surface area contributed by atoms with Crippen molar-refractivity contribution in [1.29, 1.82) is 0 Å². The number of ether oxygens (including phenoxy) is 1. The summed E-state index contributed by atoms with van der Waals surface area (Å²) in [5.74, 6) is 0.836. The third-order valence-corrected chi connectivity index (χ3v) is 5.63. The van der Waals surface area contributed by atoms with Crippen molar-refractivity contribution in [1.82, 2.24) is 9.55 Å². The molecule has 9 heteroatoms. The average molecular weight is 392 g/mol. The van der Waals surface area contributed by atoms with Gasteiger partial charge in [0.25, 0.3) is 5.56 Å². The van der Waals surface area contributed by atoms with Gasteiger partial charge in [0, 0.05) is 17.8 Å². The zero-order valence-electron chi connectivity index (χ0n) is 15.1. The molecule has 1 N–H and O–H groups in total. The first-order valence-corrected chi connectivity index (χ1v) is 9.90. The molecule has 27 heavy (non-hydrogen) atoms. The van der Waals surface area contributed by atoms with Crippen LogP contribution in [0.4, 0.5) is 0 Å². The Bertz CT molecular complexity index is 956. The lowest BCUT2D eigenvalue weighted by atomic mass is 10.1. The van der Waals surface area contributed by atoms with E-state index < -0.39 is 26.1 Å². The van der Waals surface area contributed by atoms with Crippen LogP contribution in [0.5, 0.6) is 5.75 Å². The lowest BCUT2D eigenvalue weighted by Crippen LogP contribution is -2.31. The first-order chi connectivity index (χ1) is 13.0. The highest BCUT2D eigenvalue weighted by Gasteiger charge is 2.31. The van der Waals surface area contributed by atoms with E-state index in [1.807, 2.05) is 13.8 Å². The van der Waals surface area contributed by atoms with Crippen LogP contribution in [-0.4, -0.2) is 22.3 Å². The molecule has 1 saturated heterocycles. The second-order valence-electron chi connectivity index (χ2n) is 6.76. The summed E-state index contributed by atoms with van der Waals surface area (Å²) in [7, 11) is -1.48. The Morgan fingerprint density at radius 3 is 2.96 bits per heavy atom. The molecule has 144 valence electrons. The van der Waals surface area contributed by atoms with E-state index in [2.05, 4.69) is 17.1 Å². The summed E-state index contributed by atoms with van der Waals surface area (Å²) in [5.41, 5.74) is 2.38. The number of benzene rings is 1. The third kappa shape index (κ3) is 3.99. The van der Waals surface area contributed by atoms with Gasteiger partial charge in [-0.15, -0.1) is 0 Å². The molecule has 2 aromatic rings. The highest BCUT2D eigenvalue weighted by Crippen LogP contribution is 2.49. The molecule has 2 aliphatic heterocycles. The lowest BCUT2D eigenvalue weighted by Gasteiger charge is -2.26. The molecule has 1 aromatic heterocycles. The number of nitrogens with one attached hydrogen (secondary N) is 1. The Morgan fingerprint density at radius 1 is 1.30 bits per heavy atom. The zero-order valence-corrected chi connectivity index (χ0v) is 16.0. The maximum Gasteiger partial charge on any atom is 0.397 e. The quantitative estimate of drug-likeness (QED) is 0.805. The third-order valence-electron chi connectivity index (χ3n) is 4.60. The van der Waals surface area contributed by atoms with Crippen LogP contribution in [0, 0.1) is 13.8 Å². The summed E-state index contributed by atoms with van der Waals surface area (Å²) in [6.07, 6.45) is 2.29. The molecular formula is C18H21N2O6P. The van der Waals surface area contributed by atoms with Crippen molar-refractivity contribution in [2.45, 2.75) is 45.6 Å².